The topological polar surface area (TPSA) is 108 Å². The van der Waals surface area contributed by atoms with Gasteiger partial charge in [-0.2, -0.15) is 8.78 Å². The molecule has 0 aliphatic carbocycles. The van der Waals surface area contributed by atoms with E-state index in [1.54, 1.807) is 0 Å². The van der Waals surface area contributed by atoms with Crippen LogP contribution in [0.2, 0.25) is 0 Å². The summed E-state index contributed by atoms with van der Waals surface area (Å²) in [4.78, 5) is 4.17. The quantitative estimate of drug-likeness (QED) is 0.109. The summed E-state index contributed by atoms with van der Waals surface area (Å²) in [5.74, 6) is -5.13. The number of hydrogen-bond donors (Lipinski definition) is 4. The lowest BCUT2D eigenvalue weighted by atomic mass is 10.2. The van der Waals surface area contributed by atoms with Crippen LogP contribution in [0.4, 0.5) is 33.3 Å². The summed E-state index contributed by atoms with van der Waals surface area (Å²) < 4.78 is 66.3. The highest BCUT2D eigenvalue weighted by atomic mass is 19.2. The minimum Gasteiger partial charge on any atom is -0.507 e. The van der Waals surface area contributed by atoms with Crippen LogP contribution in [0, 0.1) is 29.1 Å². The van der Waals surface area contributed by atoms with Gasteiger partial charge in [-0.25, -0.2) is 13.2 Å². The molecule has 0 aliphatic rings. The van der Waals surface area contributed by atoms with Gasteiger partial charge in [-0.05, 0) is 24.3 Å². The van der Waals surface area contributed by atoms with Crippen LogP contribution in [0.3, 0.4) is 0 Å². The predicted octanol–water partition coefficient (Wildman–Crippen LogP) is 3.05. The highest BCUT2D eigenvalue weighted by molar-refractivity contribution is 6.33. The van der Waals surface area contributed by atoms with Gasteiger partial charge < -0.3 is 24.5 Å². The van der Waals surface area contributed by atoms with E-state index in [1.165, 1.54) is 11.4 Å². The monoisotopic (exact) mass is 502 g/mol. The number of benzene rings is 3. The molecule has 0 spiro atoms. The number of halogens is 5. The molecule has 0 saturated heterocycles. The first kappa shape index (κ1) is 31.6. The fraction of sp³-hybridized carbons (Fsp3) is 0.182. The van der Waals surface area contributed by atoms with Crippen LogP contribution in [0.5, 0.6) is 5.75 Å². The lowest BCUT2D eigenvalue weighted by molar-refractivity contribution is 0.263. The molecule has 6 N–H and O–H groups in total. The zero-order chi connectivity index (χ0) is 27.1. The Kier molecular flexibility index (Phi) is 14.7. The number of rotatable bonds is 4. The van der Waals surface area contributed by atoms with Crippen LogP contribution in [-0.4, -0.2) is 45.6 Å². The average molecular weight is 502 g/mol. The number of hydrazine groups is 1. The second-order valence-corrected chi connectivity index (χ2v) is 6.80. The Hall–Kier alpha value is -3.39. The largest absolute Gasteiger partial charge is 0.707 e. The van der Waals surface area contributed by atoms with Crippen molar-refractivity contribution < 1.29 is 36.7 Å². The van der Waals surface area contributed by atoms with E-state index >= 15 is 0 Å². The van der Waals surface area contributed by atoms with Gasteiger partial charge in [-0.1, -0.05) is 36.4 Å². The normalized spacial score (nSPS) is 9.29. The fourth-order valence-electron chi connectivity index (χ4n) is 2.25. The number of anilines is 2. The summed E-state index contributed by atoms with van der Waals surface area (Å²) in [6, 6.07) is 20.5. The molecule has 0 bridgehead atoms. The van der Waals surface area contributed by atoms with E-state index in [-0.39, 0.29) is 0 Å². The molecular formula is C22H28BF5N4O3. The van der Waals surface area contributed by atoms with E-state index in [0.717, 1.165) is 0 Å². The van der Waals surface area contributed by atoms with Crippen LogP contribution < -0.4 is 26.1 Å². The number of para-hydroxylation sites is 2. The zero-order valence-electron chi connectivity index (χ0n) is 19.6. The summed E-state index contributed by atoms with van der Waals surface area (Å²) in [5.41, 5.74) is 2.50. The molecule has 3 aromatic rings. The van der Waals surface area contributed by atoms with E-state index in [1.807, 2.05) is 64.6 Å². The first-order valence-corrected chi connectivity index (χ1v) is 9.79. The first-order chi connectivity index (χ1) is 16.5. The summed E-state index contributed by atoms with van der Waals surface area (Å²) in [7, 11) is 5.45. The van der Waals surface area contributed by atoms with E-state index in [0.29, 0.717) is 0 Å². The third kappa shape index (κ3) is 10.6. The van der Waals surface area contributed by atoms with Gasteiger partial charge in [0.25, 0.3) is 0 Å². The van der Waals surface area contributed by atoms with Crippen molar-refractivity contribution in [3.8, 4) is 5.75 Å². The lowest BCUT2D eigenvalue weighted by Gasteiger charge is -2.10. The van der Waals surface area contributed by atoms with Gasteiger partial charge in [0, 0.05) is 39.6 Å². The Balaban J connectivity index is 0.000000501. The molecule has 3 rings (SSSR count). The molecule has 0 atom stereocenters. The third-order valence-corrected chi connectivity index (χ3v) is 3.94. The van der Waals surface area contributed by atoms with E-state index in [4.69, 9.17) is 10.0 Å². The Bertz CT molecular complexity index is 929. The molecule has 35 heavy (non-hydrogen) atoms. The number of hydrogen-bond acceptors (Lipinski definition) is 7. The molecule has 0 heterocycles. The highest BCUT2D eigenvalue weighted by Crippen LogP contribution is 2.29. The SMILES string of the molecule is CN(C)c1ccccc1.CN(C)c1ccccc1.NN.OB(O)Oc1c(F)c(F)c(F)c(F)c1F. The van der Waals surface area contributed by atoms with Crippen molar-refractivity contribution in [2.45, 2.75) is 0 Å². The molecule has 0 radical (unpaired) electrons. The molecule has 0 aromatic heterocycles. The molecule has 7 nitrogen and oxygen atoms in total. The number of nitrogens with two attached hydrogens (primary N) is 2. The first-order valence-electron chi connectivity index (χ1n) is 9.79. The standard InChI is InChI=1S/2C8H11N.C6H2BF5O3.H4N2/c2*1-9(2)8-6-4-3-5-7-8;8-1-2(9)4(11)6(15-7(13)14)5(12)3(1)10;1-2/h2*3-7H,1-2H3;13-14H;1-2H2. The molecule has 0 saturated carbocycles. The van der Waals surface area contributed by atoms with Gasteiger partial charge in [-0.3, -0.25) is 11.7 Å². The van der Waals surface area contributed by atoms with Crippen molar-refractivity contribution in [3.63, 3.8) is 0 Å². The zero-order valence-corrected chi connectivity index (χ0v) is 19.6. The third-order valence-electron chi connectivity index (χ3n) is 3.94. The lowest BCUT2D eigenvalue weighted by Crippen LogP contribution is -2.23. The summed E-state index contributed by atoms with van der Waals surface area (Å²) in [6.45, 7) is 0. The van der Waals surface area contributed by atoms with E-state index < -0.39 is 42.2 Å². The molecule has 13 heteroatoms. The van der Waals surface area contributed by atoms with Gasteiger partial charge in [0.2, 0.25) is 29.1 Å². The second kappa shape index (κ2) is 16.3. The van der Waals surface area contributed by atoms with Crippen molar-refractivity contribution in [3.05, 3.63) is 89.7 Å². The maximum Gasteiger partial charge on any atom is 0.707 e. The predicted molar refractivity (Wildman–Crippen MR) is 127 cm³/mol. The molecular weight excluding hydrogens is 474 g/mol. The Labute approximate surface area is 201 Å². The summed E-state index contributed by atoms with van der Waals surface area (Å²) in [6.07, 6.45) is 0. The summed E-state index contributed by atoms with van der Waals surface area (Å²) >= 11 is 0. The van der Waals surface area contributed by atoms with Crippen LogP contribution in [0.25, 0.3) is 0 Å². The van der Waals surface area contributed by atoms with Gasteiger partial charge in [-0.15, -0.1) is 0 Å². The maximum absolute atomic E-state index is 12.7. The molecule has 0 fully saturated rings. The molecule has 0 amide bonds. The Morgan fingerprint density at radius 1 is 0.600 bits per heavy atom. The summed E-state index contributed by atoms with van der Waals surface area (Å²) in [5, 5.41) is 16.3. The maximum atomic E-state index is 12.7. The van der Waals surface area contributed by atoms with Crippen LogP contribution in [-0.2, 0) is 0 Å². The van der Waals surface area contributed by atoms with Crippen molar-refractivity contribution in [2.24, 2.45) is 11.7 Å². The molecule has 192 valence electrons. The van der Waals surface area contributed by atoms with Gasteiger partial charge in [0.1, 0.15) is 0 Å². The molecule has 3 aromatic carbocycles. The van der Waals surface area contributed by atoms with E-state index in [2.05, 4.69) is 50.4 Å². The molecule has 0 unspecified atom stereocenters. The van der Waals surface area contributed by atoms with Crippen LogP contribution in [0.1, 0.15) is 0 Å². The van der Waals surface area contributed by atoms with Crippen molar-refractivity contribution in [1.82, 2.24) is 0 Å². The van der Waals surface area contributed by atoms with Gasteiger partial charge >= 0.3 is 7.32 Å². The van der Waals surface area contributed by atoms with Gasteiger partial charge in [0.05, 0.1) is 0 Å². The average Bonchev–Trinajstić information content (AvgIpc) is 2.87. The fourth-order valence-corrected chi connectivity index (χ4v) is 2.25. The Morgan fingerprint density at radius 3 is 1.11 bits per heavy atom. The smallest absolute Gasteiger partial charge is 0.507 e. The van der Waals surface area contributed by atoms with Crippen LogP contribution >= 0.6 is 0 Å². The van der Waals surface area contributed by atoms with Gasteiger partial charge in [0.15, 0.2) is 5.75 Å². The van der Waals surface area contributed by atoms with Crippen LogP contribution in [0.15, 0.2) is 60.7 Å². The minimum atomic E-state index is -2.70. The van der Waals surface area contributed by atoms with E-state index in [9.17, 15) is 22.0 Å². The highest BCUT2D eigenvalue weighted by Gasteiger charge is 2.29. The minimum absolute atomic E-state index is 1.25. The van der Waals surface area contributed by atoms with Crippen molar-refractivity contribution in [1.29, 1.82) is 0 Å². The second-order valence-electron chi connectivity index (χ2n) is 6.80. The number of nitrogens with zero attached hydrogens (tertiary/aromatic N) is 2. The molecule has 0 aliphatic heterocycles. The Morgan fingerprint density at radius 2 is 0.886 bits per heavy atom. The van der Waals surface area contributed by atoms with Crippen molar-refractivity contribution in [2.75, 3.05) is 38.0 Å². The van der Waals surface area contributed by atoms with Crippen molar-refractivity contribution >= 4 is 18.7 Å².